The summed E-state index contributed by atoms with van der Waals surface area (Å²) in [5.74, 6) is -0.591. The Bertz CT molecular complexity index is 1750. The van der Waals surface area contributed by atoms with Crippen LogP contribution in [-0.2, 0) is 23.9 Å². The lowest BCUT2D eigenvalue weighted by molar-refractivity contribution is -0.137. The van der Waals surface area contributed by atoms with E-state index in [1.165, 1.54) is 24.3 Å². The number of halogens is 5. The van der Waals surface area contributed by atoms with Crippen LogP contribution >= 0.6 is 0 Å². The number of aryl methyl sites for hydroxylation is 1. The maximum Gasteiger partial charge on any atom is 0.416 e. The number of aliphatic imine (C=N–C) groups is 1. The minimum Gasteiger partial charge on any atom is -0.336 e. The molecule has 0 aromatic heterocycles. The molecule has 0 saturated heterocycles. The summed E-state index contributed by atoms with van der Waals surface area (Å²) >= 11 is 0. The molecule has 1 heterocycles. The third-order valence-electron chi connectivity index (χ3n) is 9.56. The molecule has 266 valence electrons. The highest BCUT2D eigenvalue weighted by molar-refractivity contribution is 5.92. The second kappa shape index (κ2) is 16.1. The Balaban J connectivity index is 1.38. The van der Waals surface area contributed by atoms with Crippen molar-refractivity contribution in [2.75, 3.05) is 32.7 Å². The van der Waals surface area contributed by atoms with E-state index in [1.807, 2.05) is 47.9 Å². The lowest BCUT2D eigenvalue weighted by Gasteiger charge is -2.35. The van der Waals surface area contributed by atoms with Crippen LogP contribution in [0.3, 0.4) is 0 Å². The van der Waals surface area contributed by atoms with Crippen molar-refractivity contribution in [3.63, 3.8) is 0 Å². The zero-order valence-electron chi connectivity index (χ0n) is 29.2. The molecule has 0 bridgehead atoms. The highest BCUT2D eigenvalue weighted by atomic mass is 19.4. The first-order chi connectivity index (χ1) is 23.9. The molecule has 0 radical (unpaired) electrons. The molecular formula is C40H45F5N4O. The van der Waals surface area contributed by atoms with E-state index in [0.717, 1.165) is 84.2 Å². The van der Waals surface area contributed by atoms with Crippen molar-refractivity contribution in [3.8, 4) is 11.1 Å². The first kappa shape index (κ1) is 37.0. The zero-order valence-corrected chi connectivity index (χ0v) is 29.2. The molecule has 0 unspecified atom stereocenters. The van der Waals surface area contributed by atoms with Gasteiger partial charge in [-0.05, 0) is 98.6 Å². The number of amidine groups is 1. The van der Waals surface area contributed by atoms with Crippen molar-refractivity contribution in [1.82, 2.24) is 14.7 Å². The van der Waals surface area contributed by atoms with Gasteiger partial charge < -0.3 is 14.7 Å². The molecule has 10 heteroatoms. The van der Waals surface area contributed by atoms with E-state index in [2.05, 4.69) is 18.7 Å². The number of carbonyl (C=O) groups is 1. The van der Waals surface area contributed by atoms with Gasteiger partial charge in [0.15, 0.2) is 0 Å². The quantitative estimate of drug-likeness (QED) is 0.168. The number of alkyl halides is 3. The average molecular weight is 693 g/mol. The Morgan fingerprint density at radius 1 is 0.860 bits per heavy atom. The third kappa shape index (κ3) is 8.88. The summed E-state index contributed by atoms with van der Waals surface area (Å²) < 4.78 is 67.4. The Hall–Kier alpha value is -4.31. The van der Waals surface area contributed by atoms with Gasteiger partial charge in [0, 0.05) is 37.8 Å². The molecule has 1 aliphatic heterocycles. The normalized spacial score (nSPS) is 14.7. The van der Waals surface area contributed by atoms with Gasteiger partial charge in [-0.3, -0.25) is 4.79 Å². The highest BCUT2D eigenvalue weighted by Gasteiger charge is 2.33. The predicted molar refractivity (Wildman–Crippen MR) is 188 cm³/mol. The summed E-state index contributed by atoms with van der Waals surface area (Å²) in [6, 6.07) is 16.3. The maximum atomic E-state index is 14.6. The first-order valence-electron chi connectivity index (χ1n) is 17.3. The van der Waals surface area contributed by atoms with E-state index in [9.17, 15) is 26.7 Å². The molecule has 0 fully saturated rings. The van der Waals surface area contributed by atoms with Crippen LogP contribution in [0.1, 0.15) is 70.1 Å². The fourth-order valence-corrected chi connectivity index (χ4v) is 6.66. The van der Waals surface area contributed by atoms with Gasteiger partial charge in [0.2, 0.25) is 5.91 Å². The van der Waals surface area contributed by atoms with Gasteiger partial charge in [-0.25, -0.2) is 13.8 Å². The number of hydrogen-bond acceptors (Lipinski definition) is 4. The predicted octanol–water partition coefficient (Wildman–Crippen LogP) is 9.40. The largest absolute Gasteiger partial charge is 0.416 e. The Morgan fingerprint density at radius 3 is 2.12 bits per heavy atom. The van der Waals surface area contributed by atoms with Crippen molar-refractivity contribution < 1.29 is 26.7 Å². The van der Waals surface area contributed by atoms with Gasteiger partial charge in [0.25, 0.3) is 0 Å². The molecule has 2 aliphatic rings. The van der Waals surface area contributed by atoms with Crippen molar-refractivity contribution >= 4 is 11.7 Å². The fraction of sp³-hybridized carbons (Fsp3) is 0.400. The van der Waals surface area contributed by atoms with Gasteiger partial charge in [0.05, 0.1) is 11.3 Å². The molecule has 5 nitrogen and oxygen atoms in total. The average Bonchev–Trinajstić information content (AvgIpc) is 3.58. The number of rotatable bonds is 13. The van der Waals surface area contributed by atoms with Crippen LogP contribution in [0, 0.1) is 11.6 Å². The van der Waals surface area contributed by atoms with E-state index in [-0.39, 0.29) is 12.5 Å². The second-order valence-corrected chi connectivity index (χ2v) is 13.1. The van der Waals surface area contributed by atoms with Crippen molar-refractivity contribution in [1.29, 1.82) is 0 Å². The van der Waals surface area contributed by atoms with Crippen LogP contribution in [0.25, 0.3) is 11.1 Å². The topological polar surface area (TPSA) is 39.1 Å². The summed E-state index contributed by atoms with van der Waals surface area (Å²) in [6.45, 7) is 11.6. The minimum absolute atomic E-state index is 0.0657. The monoisotopic (exact) mass is 692 g/mol. The minimum atomic E-state index is -4.39. The highest BCUT2D eigenvalue weighted by Crippen LogP contribution is 2.39. The third-order valence-corrected chi connectivity index (χ3v) is 9.56. The van der Waals surface area contributed by atoms with Crippen molar-refractivity contribution in [3.05, 3.63) is 118 Å². The number of likely N-dealkylation sites (N-methyl/N-ethyl adjacent to an activating group) is 1. The van der Waals surface area contributed by atoms with Crippen LogP contribution in [0.2, 0.25) is 0 Å². The molecule has 0 saturated carbocycles. The van der Waals surface area contributed by atoms with Crippen LogP contribution < -0.4 is 0 Å². The van der Waals surface area contributed by atoms with Crippen molar-refractivity contribution in [2.45, 2.75) is 72.5 Å². The van der Waals surface area contributed by atoms with E-state index < -0.39 is 23.4 Å². The van der Waals surface area contributed by atoms with Gasteiger partial charge in [-0.15, -0.1) is 0 Å². The number of hydrogen-bond donors (Lipinski definition) is 0. The zero-order chi connectivity index (χ0) is 36.0. The standard InChI is InChI=1S/C40H45F5N4O/c1-5-47(6-2)22-23-48(25-28-10-12-29(13-11-28)30-14-18-32(19-15-30)40(43,44)45)38(50)26-49-36-9-7-8-34(36)39(27(3)4)46-37(49)21-17-31-16-20-33(41)24-35(31)42/h10-16,18-20,24H,5-9,17,21-23,25-26H2,1-4H3. The molecule has 0 atom stereocenters. The molecule has 1 amide bonds. The maximum absolute atomic E-state index is 14.6. The fourth-order valence-electron chi connectivity index (χ4n) is 6.66. The first-order valence-corrected chi connectivity index (χ1v) is 17.3. The summed E-state index contributed by atoms with van der Waals surface area (Å²) in [6.07, 6.45) is -1.05. The van der Waals surface area contributed by atoms with Crippen LogP contribution in [0.15, 0.2) is 94.3 Å². The Kier molecular flexibility index (Phi) is 11.9. The molecule has 5 rings (SSSR count). The smallest absolute Gasteiger partial charge is 0.336 e. The molecule has 1 aliphatic carbocycles. The van der Waals surface area contributed by atoms with Gasteiger partial charge in [0.1, 0.15) is 24.0 Å². The number of allylic oxidation sites excluding steroid dienone is 3. The molecular weight excluding hydrogens is 647 g/mol. The Labute approximate surface area is 291 Å². The number of benzene rings is 3. The summed E-state index contributed by atoms with van der Waals surface area (Å²) in [5.41, 5.74) is 6.32. The lowest BCUT2D eigenvalue weighted by atomic mass is 10.0. The van der Waals surface area contributed by atoms with Gasteiger partial charge in [-0.1, -0.05) is 61.9 Å². The van der Waals surface area contributed by atoms with Crippen LogP contribution in [0.4, 0.5) is 22.0 Å². The SMILES string of the molecule is CCN(CC)CCN(Cc1ccc(-c2ccc(C(F)(F)F)cc2)cc1)C(=O)CN1C(CCc2ccc(F)cc2F)=NC(=C(C)C)C2=C1CCC2. The molecule has 3 aromatic carbocycles. The number of nitrogens with zero attached hydrogens (tertiary/aromatic N) is 4. The van der Waals surface area contributed by atoms with Crippen LogP contribution in [-0.4, -0.2) is 59.2 Å². The molecule has 0 spiro atoms. The summed E-state index contributed by atoms with van der Waals surface area (Å²) in [7, 11) is 0. The molecule has 0 N–H and O–H groups in total. The Morgan fingerprint density at radius 2 is 1.52 bits per heavy atom. The van der Waals surface area contributed by atoms with Gasteiger partial charge >= 0.3 is 6.18 Å². The summed E-state index contributed by atoms with van der Waals surface area (Å²) in [4.78, 5) is 25.5. The van der Waals surface area contributed by atoms with E-state index in [1.54, 1.807) is 0 Å². The number of amides is 1. The van der Waals surface area contributed by atoms with Gasteiger partial charge in [-0.2, -0.15) is 13.2 Å². The summed E-state index contributed by atoms with van der Waals surface area (Å²) in [5, 5.41) is 0. The molecule has 3 aromatic rings. The second-order valence-electron chi connectivity index (χ2n) is 13.1. The van der Waals surface area contributed by atoms with Crippen molar-refractivity contribution in [2.24, 2.45) is 4.99 Å². The van der Waals surface area contributed by atoms with E-state index in [4.69, 9.17) is 4.99 Å². The lowest BCUT2D eigenvalue weighted by Crippen LogP contribution is -2.45. The van der Waals surface area contributed by atoms with E-state index >= 15 is 0 Å². The number of carbonyl (C=O) groups excluding carboxylic acids is 1. The molecule has 50 heavy (non-hydrogen) atoms. The van der Waals surface area contributed by atoms with E-state index in [0.29, 0.717) is 49.4 Å². The van der Waals surface area contributed by atoms with Crippen LogP contribution in [0.5, 0.6) is 0 Å².